The molecule has 0 unspecified atom stereocenters. The largest absolute Gasteiger partial charge is 0.478 e. The standard InChI is InChI=1S/C15H18BrNO2S/c1-15(2)10-17(7-8-20-15)12-5-3-11(13(16)9-12)4-6-14(18)19/h3-6,9H,7-8,10H2,1-2H3,(H,18,19)/b6-4+. The summed E-state index contributed by atoms with van der Waals surface area (Å²) in [6, 6.07) is 6.07. The Morgan fingerprint density at radius 2 is 2.25 bits per heavy atom. The van der Waals surface area contributed by atoms with E-state index in [1.165, 1.54) is 5.69 Å². The van der Waals surface area contributed by atoms with E-state index in [-0.39, 0.29) is 4.75 Å². The summed E-state index contributed by atoms with van der Waals surface area (Å²) in [5, 5.41) is 8.67. The number of hydrogen-bond donors (Lipinski definition) is 1. The first-order valence-corrected chi connectivity index (χ1v) is 8.25. The first-order chi connectivity index (χ1) is 9.37. The fourth-order valence-corrected chi connectivity index (χ4v) is 3.86. The van der Waals surface area contributed by atoms with Crippen LogP contribution in [0.15, 0.2) is 28.7 Å². The fourth-order valence-electron chi connectivity index (χ4n) is 2.25. The molecule has 1 aliphatic rings. The summed E-state index contributed by atoms with van der Waals surface area (Å²) in [6.07, 6.45) is 2.76. The summed E-state index contributed by atoms with van der Waals surface area (Å²) in [7, 11) is 0. The molecule has 0 bridgehead atoms. The van der Waals surface area contributed by atoms with E-state index in [4.69, 9.17) is 5.11 Å². The molecule has 0 saturated carbocycles. The molecule has 0 spiro atoms. The van der Waals surface area contributed by atoms with Crippen molar-refractivity contribution < 1.29 is 9.90 Å². The van der Waals surface area contributed by atoms with Crippen molar-refractivity contribution in [3.63, 3.8) is 0 Å². The Bertz CT molecular complexity index is 543. The molecule has 20 heavy (non-hydrogen) atoms. The monoisotopic (exact) mass is 355 g/mol. The molecule has 2 rings (SSSR count). The average Bonchev–Trinajstić information content (AvgIpc) is 2.36. The number of carboxylic acids is 1. The number of benzene rings is 1. The van der Waals surface area contributed by atoms with Crippen LogP contribution >= 0.6 is 27.7 Å². The number of carbonyl (C=O) groups is 1. The molecule has 5 heteroatoms. The van der Waals surface area contributed by atoms with Gasteiger partial charge in [-0.05, 0) is 37.6 Å². The van der Waals surface area contributed by atoms with Gasteiger partial charge in [0.1, 0.15) is 0 Å². The van der Waals surface area contributed by atoms with Gasteiger partial charge in [0.2, 0.25) is 0 Å². The van der Waals surface area contributed by atoms with Gasteiger partial charge >= 0.3 is 5.97 Å². The van der Waals surface area contributed by atoms with Gasteiger partial charge in [0.25, 0.3) is 0 Å². The maximum absolute atomic E-state index is 10.6. The summed E-state index contributed by atoms with van der Waals surface area (Å²) in [4.78, 5) is 12.9. The second kappa shape index (κ2) is 6.22. The Hall–Kier alpha value is -0.940. The first kappa shape index (κ1) is 15.4. The molecule has 108 valence electrons. The zero-order valence-electron chi connectivity index (χ0n) is 11.6. The van der Waals surface area contributed by atoms with Gasteiger partial charge in [0, 0.05) is 39.8 Å². The van der Waals surface area contributed by atoms with Crippen LogP contribution in [0.3, 0.4) is 0 Å². The van der Waals surface area contributed by atoms with E-state index >= 15 is 0 Å². The van der Waals surface area contributed by atoms with Gasteiger partial charge in [-0.2, -0.15) is 11.8 Å². The van der Waals surface area contributed by atoms with Gasteiger partial charge in [-0.15, -0.1) is 0 Å². The zero-order chi connectivity index (χ0) is 14.8. The molecule has 0 aliphatic carbocycles. The van der Waals surface area contributed by atoms with Crippen LogP contribution in [0.5, 0.6) is 0 Å². The molecule has 1 fully saturated rings. The third kappa shape index (κ3) is 4.03. The summed E-state index contributed by atoms with van der Waals surface area (Å²) >= 11 is 5.52. The van der Waals surface area contributed by atoms with Crippen LogP contribution in [0.2, 0.25) is 0 Å². The van der Waals surface area contributed by atoms with Gasteiger partial charge < -0.3 is 10.0 Å². The lowest BCUT2D eigenvalue weighted by Gasteiger charge is -2.39. The van der Waals surface area contributed by atoms with Gasteiger partial charge in [0.15, 0.2) is 0 Å². The normalized spacial score (nSPS) is 18.4. The SMILES string of the molecule is CC1(C)CN(c2ccc(/C=C/C(=O)O)c(Br)c2)CCS1. The van der Waals surface area contributed by atoms with E-state index < -0.39 is 5.97 Å². The predicted molar refractivity (Wildman–Crippen MR) is 89.6 cm³/mol. The maximum atomic E-state index is 10.6. The highest BCUT2D eigenvalue weighted by atomic mass is 79.9. The van der Waals surface area contributed by atoms with Gasteiger partial charge in [-0.3, -0.25) is 0 Å². The quantitative estimate of drug-likeness (QED) is 0.835. The van der Waals surface area contributed by atoms with Crippen LogP contribution in [-0.4, -0.2) is 34.7 Å². The molecular formula is C15H18BrNO2S. The van der Waals surface area contributed by atoms with Crippen molar-refractivity contribution in [1.82, 2.24) is 0 Å². The summed E-state index contributed by atoms with van der Waals surface area (Å²) in [5.74, 6) is 0.196. The number of nitrogens with zero attached hydrogens (tertiary/aromatic N) is 1. The summed E-state index contributed by atoms with van der Waals surface area (Å²) < 4.78 is 1.19. The predicted octanol–water partition coefficient (Wildman–Crippen LogP) is 3.88. The van der Waals surface area contributed by atoms with Gasteiger partial charge in [-0.25, -0.2) is 4.79 Å². The van der Waals surface area contributed by atoms with E-state index in [2.05, 4.69) is 46.8 Å². The van der Waals surface area contributed by atoms with Crippen LogP contribution < -0.4 is 4.90 Å². The van der Waals surface area contributed by atoms with Crippen molar-refractivity contribution in [2.24, 2.45) is 0 Å². The fraction of sp³-hybridized carbons (Fsp3) is 0.400. The lowest BCUT2D eigenvalue weighted by molar-refractivity contribution is -0.131. The lowest BCUT2D eigenvalue weighted by atomic mass is 10.1. The van der Waals surface area contributed by atoms with Crippen LogP contribution in [0, 0.1) is 0 Å². The zero-order valence-corrected chi connectivity index (χ0v) is 14.0. The molecule has 1 N–H and O–H groups in total. The molecular weight excluding hydrogens is 338 g/mol. The van der Waals surface area contributed by atoms with E-state index in [1.807, 2.05) is 17.8 Å². The number of carboxylic acid groups (broad SMARTS) is 1. The second-order valence-electron chi connectivity index (χ2n) is 5.41. The van der Waals surface area contributed by atoms with Crippen LogP contribution in [0.4, 0.5) is 5.69 Å². The highest BCUT2D eigenvalue weighted by Gasteiger charge is 2.27. The number of thioether (sulfide) groups is 1. The van der Waals surface area contributed by atoms with Crippen LogP contribution in [0.1, 0.15) is 19.4 Å². The highest BCUT2D eigenvalue weighted by Crippen LogP contribution is 2.33. The maximum Gasteiger partial charge on any atom is 0.328 e. The highest BCUT2D eigenvalue weighted by molar-refractivity contribution is 9.10. The molecule has 3 nitrogen and oxygen atoms in total. The van der Waals surface area contributed by atoms with E-state index in [0.717, 1.165) is 35.0 Å². The Balaban J connectivity index is 2.18. The Kier molecular flexibility index (Phi) is 4.81. The minimum absolute atomic E-state index is 0.270. The molecule has 1 saturated heterocycles. The molecule has 1 heterocycles. The van der Waals surface area contributed by atoms with Crippen molar-refractivity contribution in [2.75, 3.05) is 23.7 Å². The lowest BCUT2D eigenvalue weighted by Crippen LogP contribution is -2.43. The minimum Gasteiger partial charge on any atom is -0.478 e. The molecule has 1 aromatic carbocycles. The van der Waals surface area contributed by atoms with Crippen molar-refractivity contribution in [3.8, 4) is 0 Å². The van der Waals surface area contributed by atoms with E-state index in [9.17, 15) is 4.79 Å². The number of hydrogen-bond acceptors (Lipinski definition) is 3. The van der Waals surface area contributed by atoms with E-state index in [1.54, 1.807) is 6.08 Å². The smallest absolute Gasteiger partial charge is 0.328 e. The van der Waals surface area contributed by atoms with Crippen LogP contribution in [0.25, 0.3) is 6.08 Å². The number of halogens is 1. The third-order valence-corrected chi connectivity index (χ3v) is 5.16. The molecule has 0 aromatic heterocycles. The molecule has 1 aromatic rings. The van der Waals surface area contributed by atoms with Gasteiger partial charge in [0.05, 0.1) is 0 Å². The van der Waals surface area contributed by atoms with Crippen molar-refractivity contribution in [1.29, 1.82) is 0 Å². The van der Waals surface area contributed by atoms with Crippen molar-refractivity contribution in [2.45, 2.75) is 18.6 Å². The number of aliphatic carboxylic acids is 1. The van der Waals surface area contributed by atoms with Crippen LogP contribution in [-0.2, 0) is 4.79 Å². The molecule has 1 aliphatic heterocycles. The third-order valence-electron chi connectivity index (χ3n) is 3.18. The second-order valence-corrected chi connectivity index (χ2v) is 8.06. The molecule has 0 atom stereocenters. The topological polar surface area (TPSA) is 40.5 Å². The Morgan fingerprint density at radius 1 is 1.50 bits per heavy atom. The molecule has 0 radical (unpaired) electrons. The van der Waals surface area contributed by atoms with Gasteiger partial charge in [-0.1, -0.05) is 22.0 Å². The van der Waals surface area contributed by atoms with Crippen molar-refractivity contribution in [3.05, 3.63) is 34.3 Å². The minimum atomic E-state index is -0.934. The van der Waals surface area contributed by atoms with E-state index in [0.29, 0.717) is 0 Å². The number of rotatable bonds is 3. The summed E-state index contributed by atoms with van der Waals surface area (Å²) in [5.41, 5.74) is 2.06. The average molecular weight is 356 g/mol. The van der Waals surface area contributed by atoms with Crippen molar-refractivity contribution >= 4 is 45.4 Å². The summed E-state index contributed by atoms with van der Waals surface area (Å²) in [6.45, 7) is 6.60. The number of anilines is 1. The Labute approximate surface area is 132 Å². The Morgan fingerprint density at radius 3 is 2.85 bits per heavy atom. The first-order valence-electron chi connectivity index (χ1n) is 6.47. The molecule has 0 amide bonds.